The highest BCUT2D eigenvalue weighted by atomic mass is 35.5. The molecule has 0 saturated carbocycles. The van der Waals surface area contributed by atoms with Gasteiger partial charge < -0.3 is 19.5 Å². The second kappa shape index (κ2) is 13.5. The normalized spacial score (nSPS) is 10.6. The minimum absolute atomic E-state index is 0.140. The summed E-state index contributed by atoms with van der Waals surface area (Å²) in [5.41, 5.74) is 3.81. The summed E-state index contributed by atoms with van der Waals surface area (Å²) in [6, 6.07) is 14.4. The van der Waals surface area contributed by atoms with Crippen LogP contribution < -0.4 is 25.0 Å². The number of hydrogen-bond donors (Lipinski definition) is 2. The molecule has 0 aliphatic carbocycles. The predicted octanol–water partition coefficient (Wildman–Crippen LogP) is 6.00. The van der Waals surface area contributed by atoms with E-state index < -0.39 is 11.8 Å². The molecule has 3 rings (SSSR count). The van der Waals surface area contributed by atoms with Crippen LogP contribution in [0.2, 0.25) is 15.1 Å². The molecule has 3 aromatic rings. The van der Waals surface area contributed by atoms with Gasteiger partial charge in [0.2, 0.25) is 0 Å². The van der Waals surface area contributed by atoms with E-state index >= 15 is 0 Å². The Labute approximate surface area is 228 Å². The maximum atomic E-state index is 12.5. The second-order valence-corrected chi connectivity index (χ2v) is 8.57. The molecule has 11 heteroatoms. The van der Waals surface area contributed by atoms with Crippen LogP contribution in [0.1, 0.15) is 15.9 Å². The Bertz CT molecular complexity index is 1290. The number of methoxy groups -OCH3 is 1. The molecule has 2 N–H and O–H groups in total. The highest BCUT2D eigenvalue weighted by Gasteiger charge is 2.13. The van der Waals surface area contributed by atoms with E-state index in [4.69, 9.17) is 49.0 Å². The van der Waals surface area contributed by atoms with Gasteiger partial charge in [-0.05, 0) is 60.2 Å². The summed E-state index contributed by atoms with van der Waals surface area (Å²) in [4.78, 5) is 24.6. The number of anilines is 1. The second-order valence-electron chi connectivity index (χ2n) is 7.32. The van der Waals surface area contributed by atoms with Gasteiger partial charge in [0.15, 0.2) is 23.9 Å². The number of hydrogen-bond acceptors (Lipinski definition) is 6. The Morgan fingerprint density at radius 3 is 2.32 bits per heavy atom. The Hall–Kier alpha value is -3.72. The molecule has 37 heavy (non-hydrogen) atoms. The van der Waals surface area contributed by atoms with Gasteiger partial charge in [-0.3, -0.25) is 9.59 Å². The van der Waals surface area contributed by atoms with Crippen LogP contribution in [0.3, 0.4) is 0 Å². The van der Waals surface area contributed by atoms with Crippen molar-refractivity contribution >= 4 is 58.5 Å². The van der Waals surface area contributed by atoms with Crippen molar-refractivity contribution in [2.24, 2.45) is 5.10 Å². The summed E-state index contributed by atoms with van der Waals surface area (Å²) in [6.45, 7) is 3.59. The lowest BCUT2D eigenvalue weighted by molar-refractivity contribution is -0.118. The van der Waals surface area contributed by atoms with E-state index in [1.807, 2.05) is 0 Å². The van der Waals surface area contributed by atoms with Gasteiger partial charge in [-0.15, -0.1) is 0 Å². The molecular weight excluding hydrogens is 541 g/mol. The predicted molar refractivity (Wildman–Crippen MR) is 146 cm³/mol. The number of ether oxygens (including phenoxy) is 3. The SMILES string of the molecule is C=CCOc1ccc(C(=O)N/N=C/c2cc(Cl)c(OCC(=O)Nc3ccc(Cl)cc3)c(Cl)c2)cc1OC. The first-order valence-corrected chi connectivity index (χ1v) is 11.9. The van der Waals surface area contributed by atoms with Crippen LogP contribution in [0.4, 0.5) is 5.69 Å². The van der Waals surface area contributed by atoms with Crippen molar-refractivity contribution in [1.29, 1.82) is 0 Å². The van der Waals surface area contributed by atoms with Crippen molar-refractivity contribution in [3.63, 3.8) is 0 Å². The zero-order valence-corrected chi connectivity index (χ0v) is 21.9. The third-order valence-corrected chi connectivity index (χ3v) is 5.47. The Balaban J connectivity index is 1.58. The highest BCUT2D eigenvalue weighted by Crippen LogP contribution is 2.34. The minimum Gasteiger partial charge on any atom is -0.493 e. The van der Waals surface area contributed by atoms with Crippen LogP contribution in [0.25, 0.3) is 0 Å². The summed E-state index contributed by atoms with van der Waals surface area (Å²) in [5, 5.41) is 7.50. The van der Waals surface area contributed by atoms with E-state index in [0.717, 1.165) is 0 Å². The van der Waals surface area contributed by atoms with Crippen molar-refractivity contribution in [1.82, 2.24) is 5.43 Å². The maximum Gasteiger partial charge on any atom is 0.271 e. The van der Waals surface area contributed by atoms with Gasteiger partial charge in [0.05, 0.1) is 23.4 Å². The molecule has 3 aromatic carbocycles. The van der Waals surface area contributed by atoms with Crippen LogP contribution in [-0.4, -0.2) is 38.4 Å². The Kier molecular flexibility index (Phi) is 10.2. The van der Waals surface area contributed by atoms with Crippen molar-refractivity contribution in [3.05, 3.63) is 93.4 Å². The first-order valence-electron chi connectivity index (χ1n) is 10.7. The lowest BCUT2D eigenvalue weighted by atomic mass is 10.2. The van der Waals surface area contributed by atoms with Crippen LogP contribution in [-0.2, 0) is 4.79 Å². The molecule has 0 atom stereocenters. The molecule has 0 fully saturated rings. The zero-order valence-electron chi connectivity index (χ0n) is 19.6. The average Bonchev–Trinajstić information content (AvgIpc) is 2.88. The topological polar surface area (TPSA) is 98.3 Å². The largest absolute Gasteiger partial charge is 0.493 e. The van der Waals surface area contributed by atoms with Gasteiger partial charge in [0, 0.05) is 16.3 Å². The molecule has 0 aliphatic rings. The number of nitrogens with zero attached hydrogens (tertiary/aromatic N) is 1. The molecule has 0 aromatic heterocycles. The minimum atomic E-state index is -0.464. The number of carbonyl (C=O) groups excluding carboxylic acids is 2. The molecule has 192 valence electrons. The van der Waals surface area contributed by atoms with Crippen molar-refractivity contribution in [2.45, 2.75) is 0 Å². The third kappa shape index (κ3) is 8.15. The molecule has 0 spiro atoms. The third-order valence-electron chi connectivity index (χ3n) is 4.66. The summed E-state index contributed by atoms with van der Waals surface area (Å²) >= 11 is 18.4. The molecule has 2 amide bonds. The standard InChI is InChI=1S/C26H22Cl3N3O5/c1-3-10-36-22-9-4-17(13-23(22)35-2)26(34)32-30-14-16-11-20(28)25(21(29)12-16)37-15-24(33)31-19-7-5-18(27)6-8-19/h3-9,11-14H,1,10,15H2,2H3,(H,31,33)(H,32,34)/b30-14+. The summed E-state index contributed by atoms with van der Waals surface area (Å²) in [7, 11) is 1.48. The van der Waals surface area contributed by atoms with Crippen LogP contribution in [0.15, 0.2) is 72.4 Å². The average molecular weight is 563 g/mol. The first-order chi connectivity index (χ1) is 17.8. The van der Waals surface area contributed by atoms with E-state index in [2.05, 4.69) is 22.4 Å². The molecule has 0 bridgehead atoms. The smallest absolute Gasteiger partial charge is 0.271 e. The number of benzene rings is 3. The van der Waals surface area contributed by atoms with E-state index in [1.165, 1.54) is 31.5 Å². The Morgan fingerprint density at radius 1 is 0.973 bits per heavy atom. The van der Waals surface area contributed by atoms with Gasteiger partial charge in [0.1, 0.15) is 6.61 Å². The lowest BCUT2D eigenvalue weighted by Crippen LogP contribution is -2.20. The van der Waals surface area contributed by atoms with Crippen molar-refractivity contribution < 1.29 is 23.8 Å². The highest BCUT2D eigenvalue weighted by molar-refractivity contribution is 6.37. The lowest BCUT2D eigenvalue weighted by Gasteiger charge is -2.11. The zero-order chi connectivity index (χ0) is 26.8. The fourth-order valence-corrected chi connectivity index (χ4v) is 3.71. The molecule has 0 aliphatic heterocycles. The van der Waals surface area contributed by atoms with Gasteiger partial charge in [-0.25, -0.2) is 5.43 Å². The molecule has 0 saturated heterocycles. The molecular formula is C26H22Cl3N3O5. The van der Waals surface area contributed by atoms with E-state index in [9.17, 15) is 9.59 Å². The number of hydrazone groups is 1. The van der Waals surface area contributed by atoms with E-state index in [0.29, 0.717) is 39.9 Å². The quantitative estimate of drug-likeness (QED) is 0.170. The van der Waals surface area contributed by atoms with Crippen LogP contribution in [0.5, 0.6) is 17.2 Å². The summed E-state index contributed by atoms with van der Waals surface area (Å²) < 4.78 is 16.2. The van der Waals surface area contributed by atoms with Crippen LogP contribution in [0, 0.1) is 0 Å². The van der Waals surface area contributed by atoms with Gasteiger partial charge in [-0.1, -0.05) is 47.5 Å². The van der Waals surface area contributed by atoms with Gasteiger partial charge in [-0.2, -0.15) is 5.10 Å². The fourth-order valence-electron chi connectivity index (χ4n) is 2.97. The summed E-state index contributed by atoms with van der Waals surface area (Å²) in [5.74, 6) is 0.154. The maximum absolute atomic E-state index is 12.5. The number of carbonyl (C=O) groups is 2. The number of rotatable bonds is 11. The number of amides is 2. The number of nitrogens with one attached hydrogen (secondary N) is 2. The van der Waals surface area contributed by atoms with Crippen molar-refractivity contribution in [3.8, 4) is 17.2 Å². The van der Waals surface area contributed by atoms with Gasteiger partial charge >= 0.3 is 0 Å². The fraction of sp³-hybridized carbons (Fsp3) is 0.115. The Morgan fingerprint density at radius 2 is 1.68 bits per heavy atom. The summed E-state index contributed by atoms with van der Waals surface area (Å²) in [6.07, 6.45) is 2.97. The molecule has 0 radical (unpaired) electrons. The van der Waals surface area contributed by atoms with Crippen molar-refractivity contribution in [2.75, 3.05) is 25.6 Å². The molecule has 0 unspecified atom stereocenters. The van der Waals surface area contributed by atoms with E-state index in [1.54, 1.807) is 42.5 Å². The monoisotopic (exact) mass is 561 g/mol. The van der Waals surface area contributed by atoms with E-state index in [-0.39, 0.29) is 22.4 Å². The number of halogens is 3. The van der Waals surface area contributed by atoms with Gasteiger partial charge in [0.25, 0.3) is 11.8 Å². The van der Waals surface area contributed by atoms with Crippen LogP contribution >= 0.6 is 34.8 Å². The molecule has 0 heterocycles. The molecule has 8 nitrogen and oxygen atoms in total. The first kappa shape index (κ1) is 27.9.